The van der Waals surface area contributed by atoms with E-state index in [0.29, 0.717) is 18.3 Å². The van der Waals surface area contributed by atoms with Crippen LogP contribution in [-0.2, 0) is 6.54 Å². The van der Waals surface area contributed by atoms with Crippen molar-refractivity contribution < 1.29 is 8.94 Å². The van der Waals surface area contributed by atoms with Crippen LogP contribution >= 0.6 is 0 Å². The lowest BCUT2D eigenvalue weighted by Gasteiger charge is -2.36. The summed E-state index contributed by atoms with van der Waals surface area (Å²) in [4.78, 5) is 13.9. The van der Waals surface area contributed by atoms with Gasteiger partial charge in [-0.2, -0.15) is 4.98 Å². The van der Waals surface area contributed by atoms with Crippen LogP contribution in [0.2, 0.25) is 0 Å². The molecule has 0 N–H and O–H groups in total. The molecule has 1 aliphatic heterocycles. The van der Waals surface area contributed by atoms with E-state index < -0.39 is 0 Å². The van der Waals surface area contributed by atoms with Gasteiger partial charge in [0.2, 0.25) is 17.6 Å². The highest BCUT2D eigenvalue weighted by Crippen LogP contribution is 2.25. The van der Waals surface area contributed by atoms with E-state index in [2.05, 4.69) is 50.9 Å². The number of oxazole rings is 1. The third-order valence-corrected chi connectivity index (χ3v) is 6.03. The molecule has 1 unspecified atom stereocenters. The van der Waals surface area contributed by atoms with Gasteiger partial charge in [0.25, 0.3) is 0 Å². The van der Waals surface area contributed by atoms with Gasteiger partial charge in [-0.1, -0.05) is 65.3 Å². The molecular formula is C25H27N5O2. The zero-order valence-electron chi connectivity index (χ0n) is 18.4. The van der Waals surface area contributed by atoms with E-state index in [1.165, 1.54) is 5.56 Å². The molecule has 1 fully saturated rings. The largest absolute Gasteiger partial charge is 0.439 e. The van der Waals surface area contributed by atoms with Crippen molar-refractivity contribution in [3.63, 3.8) is 0 Å². The summed E-state index contributed by atoms with van der Waals surface area (Å²) in [6.07, 6.45) is 1.81. The lowest BCUT2D eigenvalue weighted by Crippen LogP contribution is -2.46. The van der Waals surface area contributed by atoms with Crippen molar-refractivity contribution in [2.75, 3.05) is 26.2 Å². The molecule has 0 amide bonds. The van der Waals surface area contributed by atoms with Gasteiger partial charge < -0.3 is 8.94 Å². The fourth-order valence-corrected chi connectivity index (χ4v) is 4.00. The molecule has 5 rings (SSSR count). The van der Waals surface area contributed by atoms with Crippen LogP contribution in [0.15, 0.2) is 69.7 Å². The van der Waals surface area contributed by atoms with Crippen molar-refractivity contribution >= 4 is 0 Å². The highest BCUT2D eigenvalue weighted by molar-refractivity contribution is 5.56. The summed E-state index contributed by atoms with van der Waals surface area (Å²) in [5.74, 6) is 2.87. The predicted molar refractivity (Wildman–Crippen MR) is 122 cm³/mol. The second-order valence-corrected chi connectivity index (χ2v) is 8.29. The quantitative estimate of drug-likeness (QED) is 0.444. The van der Waals surface area contributed by atoms with Gasteiger partial charge in [-0.25, -0.2) is 4.98 Å². The van der Waals surface area contributed by atoms with E-state index >= 15 is 0 Å². The Morgan fingerprint density at radius 2 is 1.69 bits per heavy atom. The Hall–Kier alpha value is -3.29. The molecule has 4 aromatic rings. The van der Waals surface area contributed by atoms with Gasteiger partial charge >= 0.3 is 0 Å². The fourth-order valence-electron chi connectivity index (χ4n) is 4.00. The first-order valence-corrected chi connectivity index (χ1v) is 11.0. The van der Waals surface area contributed by atoms with Crippen LogP contribution in [-0.4, -0.2) is 51.1 Å². The van der Waals surface area contributed by atoms with Crippen LogP contribution in [0.5, 0.6) is 0 Å². The van der Waals surface area contributed by atoms with Crippen LogP contribution in [0.25, 0.3) is 22.7 Å². The molecular weight excluding hydrogens is 402 g/mol. The monoisotopic (exact) mass is 429 g/mol. The minimum absolute atomic E-state index is 0.0790. The Labute approximate surface area is 187 Å². The molecule has 0 radical (unpaired) electrons. The third-order valence-electron chi connectivity index (χ3n) is 6.03. The zero-order valence-corrected chi connectivity index (χ0v) is 18.4. The molecule has 1 aliphatic rings. The smallest absolute Gasteiger partial charge is 0.244 e. The van der Waals surface area contributed by atoms with Crippen molar-refractivity contribution in [2.45, 2.75) is 26.4 Å². The maximum absolute atomic E-state index is 5.97. The van der Waals surface area contributed by atoms with Gasteiger partial charge in [0.15, 0.2) is 5.76 Å². The van der Waals surface area contributed by atoms with Gasteiger partial charge in [0.1, 0.15) is 0 Å². The van der Waals surface area contributed by atoms with E-state index in [1.54, 1.807) is 0 Å². The molecule has 0 aliphatic carbocycles. The van der Waals surface area contributed by atoms with Gasteiger partial charge in [-0.15, -0.1) is 0 Å². The molecule has 1 saturated heterocycles. The summed E-state index contributed by atoms with van der Waals surface area (Å²) >= 11 is 0. The number of benzene rings is 2. The highest BCUT2D eigenvalue weighted by atomic mass is 16.5. The van der Waals surface area contributed by atoms with Crippen molar-refractivity contribution in [3.8, 4) is 22.7 Å². The normalized spacial score (nSPS) is 16.3. The summed E-state index contributed by atoms with van der Waals surface area (Å²) in [5.41, 5.74) is 3.24. The first-order chi connectivity index (χ1) is 15.7. The van der Waals surface area contributed by atoms with E-state index in [0.717, 1.165) is 49.0 Å². The van der Waals surface area contributed by atoms with E-state index in [9.17, 15) is 0 Å². The fraction of sp³-hybridized carbons (Fsp3) is 0.320. The summed E-state index contributed by atoms with van der Waals surface area (Å²) in [6, 6.07) is 18.3. The number of aromatic nitrogens is 3. The first kappa shape index (κ1) is 20.6. The van der Waals surface area contributed by atoms with E-state index in [4.69, 9.17) is 8.94 Å². The predicted octanol–water partition coefficient (Wildman–Crippen LogP) is 4.58. The van der Waals surface area contributed by atoms with Crippen molar-refractivity contribution in [3.05, 3.63) is 78.1 Å². The number of hydrogen-bond acceptors (Lipinski definition) is 7. The van der Waals surface area contributed by atoms with Gasteiger partial charge in [0.05, 0.1) is 18.8 Å². The number of aryl methyl sites for hydroxylation is 1. The third kappa shape index (κ3) is 4.49. The number of hydrogen-bond donors (Lipinski definition) is 0. The molecule has 2 aromatic carbocycles. The minimum Gasteiger partial charge on any atom is -0.439 e. The number of piperazine rings is 1. The summed E-state index contributed by atoms with van der Waals surface area (Å²) in [6.45, 7) is 8.64. The molecule has 0 bridgehead atoms. The van der Waals surface area contributed by atoms with Crippen LogP contribution in [0.3, 0.4) is 0 Å². The van der Waals surface area contributed by atoms with Crippen LogP contribution in [0.4, 0.5) is 0 Å². The molecule has 7 nitrogen and oxygen atoms in total. The molecule has 0 saturated carbocycles. The Morgan fingerprint density at radius 3 is 2.44 bits per heavy atom. The lowest BCUT2D eigenvalue weighted by molar-refractivity contribution is 0.0799. The lowest BCUT2D eigenvalue weighted by atomic mass is 10.1. The Balaban J connectivity index is 1.16. The van der Waals surface area contributed by atoms with Crippen LogP contribution in [0, 0.1) is 6.92 Å². The molecule has 2 aromatic heterocycles. The van der Waals surface area contributed by atoms with Crippen LogP contribution < -0.4 is 0 Å². The van der Waals surface area contributed by atoms with E-state index in [-0.39, 0.29) is 6.04 Å². The number of rotatable bonds is 6. The average Bonchev–Trinajstić information content (AvgIpc) is 3.51. The van der Waals surface area contributed by atoms with Gasteiger partial charge in [-0.05, 0) is 13.8 Å². The highest BCUT2D eigenvalue weighted by Gasteiger charge is 2.26. The summed E-state index contributed by atoms with van der Waals surface area (Å²) in [7, 11) is 0. The second-order valence-electron chi connectivity index (χ2n) is 8.29. The maximum Gasteiger partial charge on any atom is 0.244 e. The van der Waals surface area contributed by atoms with Crippen molar-refractivity contribution in [1.82, 2.24) is 24.9 Å². The average molecular weight is 430 g/mol. The maximum atomic E-state index is 5.97. The molecule has 1 atom stereocenters. The van der Waals surface area contributed by atoms with Crippen LogP contribution in [0.1, 0.15) is 30.3 Å². The zero-order chi connectivity index (χ0) is 21.9. The molecule has 0 spiro atoms. The Morgan fingerprint density at radius 1 is 0.938 bits per heavy atom. The molecule has 3 heterocycles. The van der Waals surface area contributed by atoms with Gasteiger partial charge in [-0.3, -0.25) is 9.80 Å². The molecule has 32 heavy (non-hydrogen) atoms. The Kier molecular flexibility index (Phi) is 5.83. The molecule has 7 heteroatoms. The van der Waals surface area contributed by atoms with E-state index in [1.807, 2.05) is 48.7 Å². The first-order valence-electron chi connectivity index (χ1n) is 11.0. The minimum atomic E-state index is 0.0790. The second kappa shape index (κ2) is 9.06. The molecule has 164 valence electrons. The number of nitrogens with zero attached hydrogens (tertiary/aromatic N) is 5. The Bertz CT molecular complexity index is 1140. The topological polar surface area (TPSA) is 71.4 Å². The standard InChI is InChI=1S/C25H27N5O2/c1-18-8-10-21(11-9-18)24-27-25(32-28-24)19(2)30-14-12-29(13-15-30)17-23-26-16-22(31-23)20-6-4-3-5-7-20/h3-11,16,19H,12-15,17H2,1-2H3. The summed E-state index contributed by atoms with van der Waals surface area (Å²) in [5, 5.41) is 4.19. The SMILES string of the molecule is Cc1ccc(-c2noc(C(C)N3CCN(Cc4ncc(-c5ccccc5)o4)CC3)n2)cc1. The van der Waals surface area contributed by atoms with Crippen molar-refractivity contribution in [2.24, 2.45) is 0 Å². The van der Waals surface area contributed by atoms with Gasteiger partial charge in [0, 0.05) is 37.3 Å². The summed E-state index contributed by atoms with van der Waals surface area (Å²) < 4.78 is 11.6. The van der Waals surface area contributed by atoms with Crippen molar-refractivity contribution in [1.29, 1.82) is 0 Å².